The summed E-state index contributed by atoms with van der Waals surface area (Å²) >= 11 is 2.99. The van der Waals surface area contributed by atoms with Crippen molar-refractivity contribution in [2.75, 3.05) is 27.3 Å². The zero-order chi connectivity index (χ0) is 40.2. The van der Waals surface area contributed by atoms with E-state index in [-0.39, 0.29) is 23.9 Å². The molecule has 0 radical (unpaired) electrons. The third kappa shape index (κ3) is 7.92. The van der Waals surface area contributed by atoms with E-state index in [4.69, 9.17) is 9.47 Å². The van der Waals surface area contributed by atoms with Gasteiger partial charge >= 0.3 is 12.2 Å². The molecule has 0 aliphatic carbocycles. The van der Waals surface area contributed by atoms with Gasteiger partial charge in [0.1, 0.15) is 33.7 Å². The summed E-state index contributed by atoms with van der Waals surface area (Å²) in [6, 6.07) is 15.8. The largest absolute Gasteiger partial charge is 0.453 e. The topological polar surface area (TPSA) is 200 Å². The van der Waals surface area contributed by atoms with Crippen molar-refractivity contribution in [1.29, 1.82) is 0 Å². The summed E-state index contributed by atoms with van der Waals surface area (Å²) < 4.78 is 9.64. The van der Waals surface area contributed by atoms with Gasteiger partial charge in [0.15, 0.2) is 0 Å². The van der Waals surface area contributed by atoms with Crippen LogP contribution in [0.3, 0.4) is 0 Å². The Balaban J connectivity index is 0.952. The van der Waals surface area contributed by atoms with E-state index in [1.54, 1.807) is 58.9 Å². The van der Waals surface area contributed by atoms with E-state index < -0.39 is 24.3 Å². The molecule has 4 atom stereocenters. The second kappa shape index (κ2) is 17.0. The molecule has 2 aromatic carbocycles. The standard InChI is InChI=1S/C40H40N10O6S2/c1-55-39(53)47-31(23-11-5-3-6-12-23)37(51)49-17-9-15-27(49)33-41-19-25(45-33)35-43-21-29(57-35)30-22-44-36(58-30)26-20-42-34(46-26)28-16-10-18-50(28)38(52)32(48-40(54)56-2)24-13-7-4-8-14-24/h3-8,11-14,19-22,27-28,31-32H,9-10,15-18H2,1-2H3,(H,41,45)(H,42,46)(H,47,53)(H,48,54)/t27-,28-,31?,32?/m0/s1. The van der Waals surface area contributed by atoms with Crippen LogP contribution in [0.1, 0.15) is 72.6 Å². The van der Waals surface area contributed by atoms with Crippen molar-refractivity contribution in [2.45, 2.75) is 49.9 Å². The smallest absolute Gasteiger partial charge is 0.407 e. The predicted molar refractivity (Wildman–Crippen MR) is 215 cm³/mol. The molecule has 2 aliphatic rings. The number of H-pyrrole nitrogens is 2. The number of rotatable bonds is 11. The zero-order valence-corrected chi connectivity index (χ0v) is 33.2. The lowest BCUT2D eigenvalue weighted by atomic mass is 10.1. The SMILES string of the molecule is COC(=O)NC(C(=O)N1CCC[C@H]1c1ncc(-c2ncc(-c3cnc(-c4cnc([C@@H]5CCCN5C(=O)C(NC(=O)OC)c5ccccc5)[nH]4)s3)s2)[nH]1)c1ccccc1. The third-order valence-electron chi connectivity index (χ3n) is 10.3. The molecular formula is C40H40N10O6S2. The first-order valence-corrected chi connectivity index (χ1v) is 20.4. The van der Waals surface area contributed by atoms with Gasteiger partial charge in [0.25, 0.3) is 11.8 Å². The van der Waals surface area contributed by atoms with Gasteiger partial charge in [0.2, 0.25) is 0 Å². The maximum atomic E-state index is 13.9. The number of imidazole rings is 2. The average molecular weight is 821 g/mol. The van der Waals surface area contributed by atoms with Crippen molar-refractivity contribution in [3.8, 4) is 31.2 Å². The highest BCUT2D eigenvalue weighted by Crippen LogP contribution is 2.40. The van der Waals surface area contributed by atoms with E-state index in [0.29, 0.717) is 35.9 Å². The Morgan fingerprint density at radius 2 is 1.05 bits per heavy atom. The molecule has 16 nitrogen and oxygen atoms in total. The first kappa shape index (κ1) is 38.5. The summed E-state index contributed by atoms with van der Waals surface area (Å²) in [5.41, 5.74) is 2.78. The zero-order valence-electron chi connectivity index (χ0n) is 31.6. The summed E-state index contributed by atoms with van der Waals surface area (Å²) in [5.74, 6) is 0.821. The quantitative estimate of drug-likeness (QED) is 0.111. The third-order valence-corrected chi connectivity index (χ3v) is 12.5. The number of aromatic amines is 2. The van der Waals surface area contributed by atoms with Crippen LogP contribution in [0.4, 0.5) is 9.59 Å². The molecule has 4 aromatic heterocycles. The van der Waals surface area contributed by atoms with Gasteiger partial charge in [-0.3, -0.25) is 9.59 Å². The number of nitrogens with zero attached hydrogens (tertiary/aromatic N) is 6. The van der Waals surface area contributed by atoms with Gasteiger partial charge in [0, 0.05) is 25.5 Å². The highest BCUT2D eigenvalue weighted by atomic mass is 32.1. The van der Waals surface area contributed by atoms with Crippen LogP contribution in [0.2, 0.25) is 0 Å². The number of thiazole rings is 2. The molecule has 0 saturated carbocycles. The summed E-state index contributed by atoms with van der Waals surface area (Å²) in [5, 5.41) is 6.87. The van der Waals surface area contributed by atoms with E-state index in [2.05, 4.69) is 40.5 Å². The van der Waals surface area contributed by atoms with Crippen LogP contribution in [-0.2, 0) is 19.1 Å². The highest BCUT2D eigenvalue weighted by Gasteiger charge is 2.38. The number of carbonyl (C=O) groups excluding carboxylic acids is 4. The lowest BCUT2D eigenvalue weighted by molar-refractivity contribution is -0.135. The Labute approximate surface area is 341 Å². The lowest BCUT2D eigenvalue weighted by Gasteiger charge is -2.28. The van der Waals surface area contributed by atoms with Crippen LogP contribution in [0, 0.1) is 0 Å². The number of methoxy groups -OCH3 is 2. The highest BCUT2D eigenvalue weighted by molar-refractivity contribution is 7.24. The predicted octanol–water partition coefficient (Wildman–Crippen LogP) is 6.57. The number of ether oxygens (including phenoxy) is 2. The minimum Gasteiger partial charge on any atom is -0.453 e. The number of aromatic nitrogens is 6. The molecule has 298 valence electrons. The van der Waals surface area contributed by atoms with E-state index in [9.17, 15) is 19.2 Å². The minimum atomic E-state index is -0.904. The normalized spacial score (nSPS) is 17.5. The van der Waals surface area contributed by atoms with E-state index in [1.807, 2.05) is 36.4 Å². The molecule has 6 aromatic rings. The molecule has 18 heteroatoms. The van der Waals surface area contributed by atoms with Crippen LogP contribution in [0.25, 0.3) is 31.2 Å². The van der Waals surface area contributed by atoms with Gasteiger partial charge in [0.05, 0.1) is 59.8 Å². The molecule has 8 rings (SSSR count). The molecule has 58 heavy (non-hydrogen) atoms. The Bertz CT molecular complexity index is 2230. The molecule has 4 amide bonds. The molecule has 2 saturated heterocycles. The Morgan fingerprint density at radius 3 is 1.45 bits per heavy atom. The number of nitrogens with one attached hydrogen (secondary N) is 4. The first-order chi connectivity index (χ1) is 28.3. The monoisotopic (exact) mass is 820 g/mol. The maximum Gasteiger partial charge on any atom is 0.407 e. The molecule has 6 heterocycles. The van der Waals surface area contributed by atoms with Crippen molar-refractivity contribution in [2.24, 2.45) is 0 Å². The molecule has 4 N–H and O–H groups in total. The van der Waals surface area contributed by atoms with Crippen LogP contribution in [0.15, 0.2) is 85.5 Å². The minimum absolute atomic E-state index is 0.238. The fourth-order valence-electron chi connectivity index (χ4n) is 7.44. The first-order valence-electron chi connectivity index (χ1n) is 18.7. The average Bonchev–Trinajstić information content (AvgIpc) is 4.11. The van der Waals surface area contributed by atoms with E-state index >= 15 is 0 Å². The molecule has 2 fully saturated rings. The van der Waals surface area contributed by atoms with Crippen molar-refractivity contribution < 1.29 is 28.7 Å². The maximum absolute atomic E-state index is 13.9. The van der Waals surface area contributed by atoms with Crippen molar-refractivity contribution in [3.63, 3.8) is 0 Å². The Morgan fingerprint density at radius 1 is 0.638 bits per heavy atom. The molecular weight excluding hydrogens is 781 g/mol. The summed E-state index contributed by atoms with van der Waals surface area (Å²) in [7, 11) is 2.54. The van der Waals surface area contributed by atoms with Crippen molar-refractivity contribution >= 4 is 46.7 Å². The van der Waals surface area contributed by atoms with Crippen LogP contribution in [0.5, 0.6) is 0 Å². The molecule has 2 aliphatic heterocycles. The van der Waals surface area contributed by atoms with Crippen LogP contribution >= 0.6 is 22.7 Å². The molecule has 0 bridgehead atoms. The number of hydrogen-bond donors (Lipinski definition) is 4. The van der Waals surface area contributed by atoms with Gasteiger partial charge in [-0.1, -0.05) is 60.7 Å². The van der Waals surface area contributed by atoms with E-state index in [1.165, 1.54) is 36.9 Å². The van der Waals surface area contributed by atoms with Gasteiger partial charge < -0.3 is 39.9 Å². The Hall–Kier alpha value is -6.40. The second-order valence-electron chi connectivity index (χ2n) is 13.8. The van der Waals surface area contributed by atoms with Gasteiger partial charge in [-0.15, -0.1) is 22.7 Å². The fourth-order valence-corrected chi connectivity index (χ4v) is 9.26. The molecule has 2 unspecified atom stereocenters. The van der Waals surface area contributed by atoms with Crippen LogP contribution < -0.4 is 10.6 Å². The number of carbonyl (C=O) groups is 4. The fraction of sp³-hybridized carbons (Fsp3) is 0.300. The van der Waals surface area contributed by atoms with E-state index in [0.717, 1.165) is 56.8 Å². The summed E-state index contributed by atoms with van der Waals surface area (Å²) in [6.45, 7) is 1.05. The van der Waals surface area contributed by atoms with Crippen molar-refractivity contribution in [1.82, 2.24) is 50.3 Å². The number of amides is 4. The molecule has 0 spiro atoms. The van der Waals surface area contributed by atoms with Crippen LogP contribution in [-0.4, -0.2) is 91.0 Å². The van der Waals surface area contributed by atoms with Gasteiger partial charge in [-0.25, -0.2) is 29.5 Å². The Kier molecular flexibility index (Phi) is 11.3. The van der Waals surface area contributed by atoms with Gasteiger partial charge in [-0.05, 0) is 36.8 Å². The second-order valence-corrected chi connectivity index (χ2v) is 15.8. The number of alkyl carbamates (subject to hydrolysis) is 2. The summed E-state index contributed by atoms with van der Waals surface area (Å²) in [6.07, 6.45) is 8.72. The lowest BCUT2D eigenvalue weighted by Crippen LogP contribution is -2.42. The number of benzene rings is 2. The van der Waals surface area contributed by atoms with Crippen molar-refractivity contribution in [3.05, 3.63) is 108 Å². The summed E-state index contributed by atoms with van der Waals surface area (Å²) in [4.78, 5) is 83.1. The number of likely N-dealkylation sites (tertiary alicyclic amines) is 2. The van der Waals surface area contributed by atoms with Gasteiger partial charge in [-0.2, -0.15) is 0 Å². The number of hydrogen-bond acceptors (Lipinski definition) is 12.